The lowest BCUT2D eigenvalue weighted by molar-refractivity contribution is -0.119. The highest BCUT2D eigenvalue weighted by molar-refractivity contribution is 5.97. The van der Waals surface area contributed by atoms with Crippen LogP contribution in [0, 0.1) is 11.8 Å². The minimum Gasteiger partial charge on any atom is -0.327 e. The number of anilines is 1. The Morgan fingerprint density at radius 3 is 2.83 bits per heavy atom. The van der Waals surface area contributed by atoms with Crippen LogP contribution in [0.4, 0.5) is 5.69 Å². The number of fused-ring (bicyclic) bond motifs is 2. The molecule has 4 nitrogen and oxygen atoms in total. The molecule has 2 fully saturated rings. The maximum atomic E-state index is 12.9. The Hall–Kier alpha value is -1.10. The Kier molecular flexibility index (Phi) is 5.19. The molecule has 1 amide bonds. The quantitative estimate of drug-likeness (QED) is 0.892. The van der Waals surface area contributed by atoms with Gasteiger partial charge < -0.3 is 10.6 Å². The number of hydrogen-bond acceptors (Lipinski definition) is 3. The van der Waals surface area contributed by atoms with Gasteiger partial charge in [-0.2, -0.15) is 0 Å². The number of nitrogens with two attached hydrogens (primary N) is 1. The van der Waals surface area contributed by atoms with E-state index in [4.69, 9.17) is 5.73 Å². The molecule has 3 aliphatic rings. The van der Waals surface area contributed by atoms with E-state index in [0.717, 1.165) is 31.6 Å². The van der Waals surface area contributed by atoms with Crippen LogP contribution >= 0.6 is 12.4 Å². The molecule has 2 aliphatic heterocycles. The zero-order valence-corrected chi connectivity index (χ0v) is 15.2. The van der Waals surface area contributed by atoms with Crippen LogP contribution in [0.5, 0.6) is 0 Å². The number of benzene rings is 1. The van der Waals surface area contributed by atoms with E-state index in [1.54, 1.807) is 0 Å². The van der Waals surface area contributed by atoms with Gasteiger partial charge in [0.05, 0.1) is 6.54 Å². The minimum atomic E-state index is 0. The molecule has 1 aromatic carbocycles. The van der Waals surface area contributed by atoms with E-state index in [1.165, 1.54) is 18.4 Å². The highest BCUT2D eigenvalue weighted by Crippen LogP contribution is 2.36. The molecule has 2 heterocycles. The van der Waals surface area contributed by atoms with Crippen LogP contribution in [0.2, 0.25) is 0 Å². The smallest absolute Gasteiger partial charge is 0.241 e. The lowest BCUT2D eigenvalue weighted by Gasteiger charge is -2.30. The predicted molar refractivity (Wildman–Crippen MR) is 99.6 cm³/mol. The lowest BCUT2D eigenvalue weighted by atomic mass is 9.78. The highest BCUT2D eigenvalue weighted by Gasteiger charge is 2.40. The summed E-state index contributed by atoms with van der Waals surface area (Å²) < 4.78 is 0. The molecule has 4 atom stereocenters. The van der Waals surface area contributed by atoms with Crippen molar-refractivity contribution < 1.29 is 4.79 Å². The molecule has 4 unspecified atom stereocenters. The monoisotopic (exact) mass is 349 g/mol. The first-order valence-electron chi connectivity index (χ1n) is 9.01. The summed E-state index contributed by atoms with van der Waals surface area (Å²) in [6.07, 6.45) is 4.66. The fourth-order valence-corrected chi connectivity index (χ4v) is 4.95. The van der Waals surface area contributed by atoms with Crippen molar-refractivity contribution in [3.8, 4) is 0 Å². The van der Waals surface area contributed by atoms with Crippen LogP contribution in [0.1, 0.15) is 31.7 Å². The van der Waals surface area contributed by atoms with E-state index >= 15 is 0 Å². The first-order valence-corrected chi connectivity index (χ1v) is 9.01. The SMILES string of the molecule is CC1Cc2ccccc2N1C(=O)CN1CC2CCCC(N)C2C1.Cl. The van der Waals surface area contributed by atoms with Gasteiger partial charge in [-0.05, 0) is 49.7 Å². The number of amides is 1. The Labute approximate surface area is 150 Å². The number of carbonyl (C=O) groups excluding carboxylic acids is 1. The third-order valence-electron chi connectivity index (χ3n) is 6.06. The summed E-state index contributed by atoms with van der Waals surface area (Å²) in [6, 6.07) is 8.92. The van der Waals surface area contributed by atoms with Crippen LogP contribution < -0.4 is 10.6 Å². The van der Waals surface area contributed by atoms with Crippen molar-refractivity contribution >= 4 is 24.0 Å². The standard InChI is InChI=1S/C19H27N3O.ClH/c1-13-9-14-5-2-3-8-18(14)22(13)19(23)12-21-10-15-6-4-7-17(20)16(15)11-21;/h2-3,5,8,13,15-17H,4,6-7,9-12,20H2,1H3;1H. The van der Waals surface area contributed by atoms with Crippen molar-refractivity contribution in [2.45, 2.75) is 44.7 Å². The fraction of sp³-hybridized carbons (Fsp3) is 0.632. The number of rotatable bonds is 2. The number of para-hydroxylation sites is 1. The predicted octanol–water partition coefficient (Wildman–Crippen LogP) is 2.45. The molecule has 1 aliphatic carbocycles. The topological polar surface area (TPSA) is 49.6 Å². The molecule has 1 saturated carbocycles. The molecule has 0 aromatic heterocycles. The van der Waals surface area contributed by atoms with Gasteiger partial charge in [-0.15, -0.1) is 12.4 Å². The van der Waals surface area contributed by atoms with Gasteiger partial charge >= 0.3 is 0 Å². The molecular formula is C19H28ClN3O. The van der Waals surface area contributed by atoms with E-state index in [2.05, 4.69) is 30.0 Å². The van der Waals surface area contributed by atoms with Gasteiger partial charge in [-0.25, -0.2) is 0 Å². The van der Waals surface area contributed by atoms with Crippen molar-refractivity contribution in [1.82, 2.24) is 4.90 Å². The van der Waals surface area contributed by atoms with Crippen molar-refractivity contribution in [1.29, 1.82) is 0 Å². The highest BCUT2D eigenvalue weighted by atomic mass is 35.5. The lowest BCUT2D eigenvalue weighted by Crippen LogP contribution is -2.43. The first kappa shape index (κ1) is 17.7. The van der Waals surface area contributed by atoms with E-state index in [9.17, 15) is 4.79 Å². The second-order valence-corrected chi connectivity index (χ2v) is 7.66. The van der Waals surface area contributed by atoms with Crippen LogP contribution in [0.15, 0.2) is 24.3 Å². The Morgan fingerprint density at radius 1 is 1.25 bits per heavy atom. The van der Waals surface area contributed by atoms with Gasteiger partial charge in [0.15, 0.2) is 0 Å². The van der Waals surface area contributed by atoms with Gasteiger partial charge in [-0.3, -0.25) is 9.69 Å². The summed E-state index contributed by atoms with van der Waals surface area (Å²) in [6.45, 7) is 4.74. The van der Waals surface area contributed by atoms with Crippen LogP contribution in [-0.2, 0) is 11.2 Å². The minimum absolute atomic E-state index is 0. The van der Waals surface area contributed by atoms with E-state index in [-0.39, 0.29) is 24.4 Å². The number of halogens is 1. The molecule has 1 saturated heterocycles. The van der Waals surface area contributed by atoms with Crippen molar-refractivity contribution in [3.63, 3.8) is 0 Å². The Balaban J connectivity index is 0.00000169. The number of likely N-dealkylation sites (tertiary alicyclic amines) is 1. The Bertz CT molecular complexity index is 608. The number of carbonyl (C=O) groups is 1. The average molecular weight is 350 g/mol. The van der Waals surface area contributed by atoms with Crippen LogP contribution in [-0.4, -0.2) is 42.5 Å². The molecule has 5 heteroatoms. The second kappa shape index (κ2) is 7.03. The molecule has 0 radical (unpaired) electrons. The Morgan fingerprint density at radius 2 is 2.04 bits per heavy atom. The zero-order valence-electron chi connectivity index (χ0n) is 14.4. The van der Waals surface area contributed by atoms with E-state index in [0.29, 0.717) is 24.4 Å². The van der Waals surface area contributed by atoms with Crippen molar-refractivity contribution in [2.24, 2.45) is 17.6 Å². The molecular weight excluding hydrogens is 322 g/mol. The van der Waals surface area contributed by atoms with Crippen LogP contribution in [0.3, 0.4) is 0 Å². The van der Waals surface area contributed by atoms with Gasteiger partial charge in [0, 0.05) is 30.9 Å². The maximum absolute atomic E-state index is 12.9. The fourth-order valence-electron chi connectivity index (χ4n) is 4.95. The normalized spacial score (nSPS) is 32.2. The molecule has 0 spiro atoms. The van der Waals surface area contributed by atoms with E-state index < -0.39 is 0 Å². The third-order valence-corrected chi connectivity index (χ3v) is 6.06. The van der Waals surface area contributed by atoms with Gasteiger partial charge in [0.1, 0.15) is 0 Å². The number of nitrogens with zero attached hydrogens (tertiary/aromatic N) is 2. The zero-order chi connectivity index (χ0) is 16.0. The molecule has 4 rings (SSSR count). The second-order valence-electron chi connectivity index (χ2n) is 7.66. The summed E-state index contributed by atoms with van der Waals surface area (Å²) >= 11 is 0. The largest absolute Gasteiger partial charge is 0.327 e. The third kappa shape index (κ3) is 3.07. The number of hydrogen-bond donors (Lipinski definition) is 1. The average Bonchev–Trinajstić information content (AvgIpc) is 3.07. The van der Waals surface area contributed by atoms with Gasteiger partial charge in [0.2, 0.25) is 5.91 Å². The molecule has 2 N–H and O–H groups in total. The van der Waals surface area contributed by atoms with E-state index in [1.807, 2.05) is 11.0 Å². The summed E-state index contributed by atoms with van der Waals surface area (Å²) in [5.74, 6) is 1.55. The molecule has 132 valence electrons. The summed E-state index contributed by atoms with van der Waals surface area (Å²) in [5, 5.41) is 0. The van der Waals surface area contributed by atoms with Crippen molar-refractivity contribution in [3.05, 3.63) is 29.8 Å². The van der Waals surface area contributed by atoms with Crippen LogP contribution in [0.25, 0.3) is 0 Å². The molecule has 0 bridgehead atoms. The summed E-state index contributed by atoms with van der Waals surface area (Å²) in [7, 11) is 0. The van der Waals surface area contributed by atoms with Crippen molar-refractivity contribution in [2.75, 3.05) is 24.5 Å². The first-order chi connectivity index (χ1) is 11.1. The summed E-state index contributed by atoms with van der Waals surface area (Å²) in [5.41, 5.74) is 8.70. The molecule has 24 heavy (non-hydrogen) atoms. The maximum Gasteiger partial charge on any atom is 0.241 e. The van der Waals surface area contributed by atoms with Gasteiger partial charge in [-0.1, -0.05) is 24.6 Å². The summed E-state index contributed by atoms with van der Waals surface area (Å²) in [4.78, 5) is 17.3. The molecule has 1 aromatic rings. The van der Waals surface area contributed by atoms with Gasteiger partial charge in [0.25, 0.3) is 0 Å².